The largest absolute Gasteiger partial charge is 0.463 e. The van der Waals surface area contributed by atoms with E-state index in [1.807, 2.05) is 0 Å². The molecule has 1 rings (SSSR count). The number of hydrogen-bond donors (Lipinski definition) is 3. The van der Waals surface area contributed by atoms with Crippen molar-refractivity contribution < 1.29 is 43.1 Å². The van der Waals surface area contributed by atoms with Crippen molar-refractivity contribution in [2.45, 2.75) is 77.0 Å². The second-order valence-corrected chi connectivity index (χ2v) is 8.35. The van der Waals surface area contributed by atoms with Gasteiger partial charge in [0.05, 0.1) is 41.2 Å². The summed E-state index contributed by atoms with van der Waals surface area (Å²) in [7, 11) is 4.18. The average molecular weight is 559 g/mol. The zero-order valence-electron chi connectivity index (χ0n) is 23.1. The second kappa shape index (κ2) is 22.7. The lowest BCUT2D eigenvalue weighted by molar-refractivity contribution is -0.132. The van der Waals surface area contributed by atoms with E-state index in [4.69, 9.17) is 14.2 Å². The van der Waals surface area contributed by atoms with Gasteiger partial charge in [0.2, 0.25) is 17.7 Å². The van der Waals surface area contributed by atoms with Gasteiger partial charge in [-0.3, -0.25) is 28.9 Å². The number of carbonyl (C=O) groups is 3. The first-order chi connectivity index (χ1) is 19.0. The summed E-state index contributed by atoms with van der Waals surface area (Å²) in [6.07, 6.45) is 7.61. The van der Waals surface area contributed by atoms with Gasteiger partial charge >= 0.3 is 18.0 Å². The van der Waals surface area contributed by atoms with Crippen LogP contribution in [-0.2, 0) is 28.9 Å². The quantitative estimate of drug-likeness (QED) is 0.124. The van der Waals surface area contributed by atoms with Crippen LogP contribution in [0.3, 0.4) is 0 Å². The molecule has 15 heteroatoms. The summed E-state index contributed by atoms with van der Waals surface area (Å²) >= 11 is 0. The molecule has 15 nitrogen and oxygen atoms in total. The van der Waals surface area contributed by atoms with E-state index in [0.717, 1.165) is 19.3 Å². The molecule has 0 atom stereocenters. The summed E-state index contributed by atoms with van der Waals surface area (Å²) in [5.74, 6) is -0.511. The number of nitrogens with one attached hydrogen (secondary N) is 3. The Hall–Kier alpha value is -3.30. The van der Waals surface area contributed by atoms with Crippen molar-refractivity contribution in [2.24, 2.45) is 0 Å². The van der Waals surface area contributed by atoms with Gasteiger partial charge in [0.15, 0.2) is 0 Å². The molecule has 0 aliphatic rings. The number of hydroxylamine groups is 3. The highest BCUT2D eigenvalue weighted by atomic mass is 16.6. The highest BCUT2D eigenvalue weighted by molar-refractivity contribution is 5.75. The lowest BCUT2D eigenvalue weighted by Gasteiger charge is -2.10. The number of unbranched alkanes of at least 4 members (excludes halogenated alkanes) is 6. The first kappa shape index (κ1) is 33.7. The van der Waals surface area contributed by atoms with Crippen molar-refractivity contribution in [3.05, 3.63) is 0 Å². The maximum absolute atomic E-state index is 11.4. The van der Waals surface area contributed by atoms with E-state index in [0.29, 0.717) is 77.6 Å². The number of rotatable bonds is 24. The molecule has 0 aromatic carbocycles. The Kier molecular flexibility index (Phi) is 19.6. The Morgan fingerprint density at radius 3 is 1.03 bits per heavy atom. The van der Waals surface area contributed by atoms with Gasteiger partial charge < -0.3 is 14.2 Å². The molecule has 0 spiro atoms. The molecule has 39 heavy (non-hydrogen) atoms. The lowest BCUT2D eigenvalue weighted by atomic mass is 10.2. The minimum atomic E-state index is -0.170. The third-order valence-electron chi connectivity index (χ3n) is 5.06. The van der Waals surface area contributed by atoms with Gasteiger partial charge in [0.1, 0.15) is 0 Å². The minimum absolute atomic E-state index is 0.0830. The molecule has 0 radical (unpaired) electrons. The molecule has 0 saturated heterocycles. The number of aromatic nitrogens is 3. The van der Waals surface area contributed by atoms with Crippen molar-refractivity contribution in [3.8, 4) is 18.0 Å². The fraction of sp³-hybridized carbons (Fsp3) is 0.750. The van der Waals surface area contributed by atoms with E-state index in [9.17, 15) is 14.4 Å². The zero-order chi connectivity index (χ0) is 28.6. The topological polar surface area (TPSA) is 181 Å². The smallest absolute Gasteiger partial charge is 0.325 e. The number of hydrogen-bond acceptors (Lipinski definition) is 12. The first-order valence-electron chi connectivity index (χ1n) is 13.1. The molecular weight excluding hydrogens is 516 g/mol. The van der Waals surface area contributed by atoms with Gasteiger partial charge in [-0.2, -0.15) is 0 Å². The van der Waals surface area contributed by atoms with Gasteiger partial charge in [0.25, 0.3) is 0 Å². The number of carbonyl (C=O) groups excluding carboxylic acids is 3. The van der Waals surface area contributed by atoms with Gasteiger partial charge in [-0.15, -0.1) is 15.0 Å². The summed E-state index contributed by atoms with van der Waals surface area (Å²) in [4.78, 5) is 60.6. The van der Waals surface area contributed by atoms with Gasteiger partial charge in [-0.05, 0) is 57.8 Å². The Bertz CT molecular complexity index is 714. The standard InChI is InChI=1S/C24H42N6O9/c1-34-28-19(31)13-7-4-10-16-37-22-25-23(38-17-11-5-8-14-20(32)29-35-2)27-24(26-22)39-18-12-6-9-15-21(33)30-36-3/h4-18H2,1-3H3,(H,28,31)(H,29,32)(H,30,33). The van der Waals surface area contributed by atoms with Crippen LogP contribution in [0.15, 0.2) is 0 Å². The normalized spacial score (nSPS) is 10.5. The van der Waals surface area contributed by atoms with E-state index in [-0.39, 0.29) is 35.8 Å². The number of amides is 3. The maximum Gasteiger partial charge on any atom is 0.325 e. The van der Waals surface area contributed by atoms with Crippen molar-refractivity contribution in [2.75, 3.05) is 41.2 Å². The monoisotopic (exact) mass is 558 g/mol. The van der Waals surface area contributed by atoms with E-state index >= 15 is 0 Å². The van der Waals surface area contributed by atoms with E-state index < -0.39 is 0 Å². The van der Waals surface area contributed by atoms with Crippen molar-refractivity contribution >= 4 is 17.7 Å². The zero-order valence-corrected chi connectivity index (χ0v) is 23.1. The molecule has 0 aliphatic carbocycles. The highest BCUT2D eigenvalue weighted by Gasteiger charge is 2.11. The first-order valence-corrected chi connectivity index (χ1v) is 13.1. The Balaban J connectivity index is 2.49. The molecule has 222 valence electrons. The van der Waals surface area contributed by atoms with E-state index in [1.54, 1.807) is 0 Å². The molecule has 0 fully saturated rings. The molecule has 0 bridgehead atoms. The number of nitrogens with zero attached hydrogens (tertiary/aromatic N) is 3. The van der Waals surface area contributed by atoms with Crippen LogP contribution in [0.5, 0.6) is 18.0 Å². The molecule has 0 aliphatic heterocycles. The fourth-order valence-electron chi connectivity index (χ4n) is 3.19. The van der Waals surface area contributed by atoms with Crippen LogP contribution in [0.4, 0.5) is 0 Å². The Morgan fingerprint density at radius 2 is 0.769 bits per heavy atom. The lowest BCUT2D eigenvalue weighted by Crippen LogP contribution is -2.21. The molecule has 1 aromatic heterocycles. The molecule has 0 saturated carbocycles. The van der Waals surface area contributed by atoms with Crippen LogP contribution in [-0.4, -0.2) is 73.8 Å². The van der Waals surface area contributed by atoms with Crippen molar-refractivity contribution in [1.29, 1.82) is 0 Å². The summed E-state index contributed by atoms with van der Waals surface area (Å²) in [5, 5.41) is 0. The van der Waals surface area contributed by atoms with Crippen molar-refractivity contribution in [1.82, 2.24) is 31.4 Å². The summed E-state index contributed by atoms with van der Waals surface area (Å²) in [5.41, 5.74) is 6.84. The highest BCUT2D eigenvalue weighted by Crippen LogP contribution is 2.16. The van der Waals surface area contributed by atoms with Crippen LogP contribution in [0, 0.1) is 0 Å². The molecule has 3 amide bonds. The van der Waals surface area contributed by atoms with Gasteiger partial charge in [0, 0.05) is 19.3 Å². The van der Waals surface area contributed by atoms with Crippen LogP contribution in [0.2, 0.25) is 0 Å². The average Bonchev–Trinajstić information content (AvgIpc) is 2.90. The van der Waals surface area contributed by atoms with Crippen LogP contribution < -0.4 is 30.7 Å². The predicted octanol–water partition coefficient (Wildman–Crippen LogP) is 1.72. The van der Waals surface area contributed by atoms with Gasteiger partial charge in [-0.25, -0.2) is 16.4 Å². The summed E-state index contributed by atoms with van der Waals surface area (Å²) < 4.78 is 17.0. The van der Waals surface area contributed by atoms with Crippen molar-refractivity contribution in [3.63, 3.8) is 0 Å². The third-order valence-corrected chi connectivity index (χ3v) is 5.06. The Morgan fingerprint density at radius 1 is 0.487 bits per heavy atom. The second-order valence-electron chi connectivity index (χ2n) is 8.35. The fourth-order valence-corrected chi connectivity index (χ4v) is 3.19. The maximum atomic E-state index is 11.4. The van der Waals surface area contributed by atoms with Gasteiger partial charge in [-0.1, -0.05) is 0 Å². The molecule has 0 unspecified atom stereocenters. The SMILES string of the molecule is CONC(=O)CCCCCOc1nc(OCCCCCC(=O)NOC)nc(OCCCCCC(=O)NOC)n1. The summed E-state index contributed by atoms with van der Waals surface area (Å²) in [6.45, 7) is 1.05. The molecule has 1 heterocycles. The predicted molar refractivity (Wildman–Crippen MR) is 137 cm³/mol. The van der Waals surface area contributed by atoms with Crippen LogP contribution in [0.1, 0.15) is 77.0 Å². The third kappa shape index (κ3) is 18.6. The summed E-state index contributed by atoms with van der Waals surface area (Å²) in [6, 6.07) is 0.249. The minimum Gasteiger partial charge on any atom is -0.463 e. The molecule has 3 N–H and O–H groups in total. The Labute approximate surface area is 228 Å². The van der Waals surface area contributed by atoms with Crippen LogP contribution in [0.25, 0.3) is 0 Å². The van der Waals surface area contributed by atoms with Crippen LogP contribution >= 0.6 is 0 Å². The molecular formula is C24H42N6O9. The molecule has 1 aromatic rings. The van der Waals surface area contributed by atoms with E-state index in [1.165, 1.54) is 21.3 Å². The van der Waals surface area contributed by atoms with E-state index in [2.05, 4.69) is 45.9 Å². The number of ether oxygens (including phenoxy) is 3.